The summed E-state index contributed by atoms with van der Waals surface area (Å²) < 4.78 is 10.7. The van der Waals surface area contributed by atoms with Crippen molar-refractivity contribution in [1.82, 2.24) is 0 Å². The van der Waals surface area contributed by atoms with E-state index >= 15 is 0 Å². The third kappa shape index (κ3) is 41.7. The fourth-order valence-corrected chi connectivity index (χ4v) is 7.32. The maximum Gasteiger partial charge on any atom is 0.306 e. The Bertz CT molecular complexity index is 710. The zero-order valence-electron chi connectivity index (χ0n) is 35.4. The van der Waals surface area contributed by atoms with Crippen molar-refractivity contribution in [2.24, 2.45) is 0 Å². The third-order valence-corrected chi connectivity index (χ3v) is 10.9. The summed E-state index contributed by atoms with van der Waals surface area (Å²) in [5.41, 5.74) is 0. The molecule has 0 saturated heterocycles. The molecule has 0 saturated carbocycles. The quantitative estimate of drug-likeness (QED) is 0.0498. The van der Waals surface area contributed by atoms with Crippen LogP contribution in [0.3, 0.4) is 0 Å². The summed E-state index contributed by atoms with van der Waals surface area (Å²) in [5, 5.41) is 9.59. The molecule has 0 aliphatic carbocycles. The normalized spacial score (nSPS) is 12.0. The van der Waals surface area contributed by atoms with Crippen molar-refractivity contribution in [3.63, 3.8) is 0 Å². The molecule has 1 unspecified atom stereocenters. The van der Waals surface area contributed by atoms with Gasteiger partial charge in [-0.25, -0.2) is 0 Å². The number of aliphatic hydroxyl groups excluding tert-OH is 1. The van der Waals surface area contributed by atoms with Gasteiger partial charge < -0.3 is 14.6 Å². The first-order valence-electron chi connectivity index (χ1n) is 23.6. The smallest absolute Gasteiger partial charge is 0.306 e. The van der Waals surface area contributed by atoms with Gasteiger partial charge in [0.2, 0.25) is 0 Å². The molecule has 5 heteroatoms. The third-order valence-electron chi connectivity index (χ3n) is 10.9. The lowest BCUT2D eigenvalue weighted by Crippen LogP contribution is -2.28. The first-order valence-corrected chi connectivity index (χ1v) is 23.6. The number of hydrogen-bond acceptors (Lipinski definition) is 5. The molecule has 1 atom stereocenters. The van der Waals surface area contributed by atoms with Crippen LogP contribution in [0.5, 0.6) is 0 Å². The van der Waals surface area contributed by atoms with E-state index in [9.17, 15) is 14.7 Å². The number of esters is 2. The van der Waals surface area contributed by atoms with Crippen LogP contribution in [-0.2, 0) is 19.1 Å². The number of hydrogen-bond donors (Lipinski definition) is 1. The molecular formula is C47H92O5. The summed E-state index contributed by atoms with van der Waals surface area (Å²) in [6, 6.07) is 0. The van der Waals surface area contributed by atoms with Crippen molar-refractivity contribution in [1.29, 1.82) is 0 Å². The first-order chi connectivity index (χ1) is 25.6. The van der Waals surface area contributed by atoms with Crippen LogP contribution in [0.1, 0.15) is 271 Å². The second-order valence-corrected chi connectivity index (χ2v) is 16.2. The van der Waals surface area contributed by atoms with Gasteiger partial charge in [-0.2, -0.15) is 0 Å². The van der Waals surface area contributed by atoms with Crippen LogP contribution < -0.4 is 0 Å². The van der Waals surface area contributed by atoms with Crippen LogP contribution in [0.25, 0.3) is 0 Å². The van der Waals surface area contributed by atoms with E-state index in [2.05, 4.69) is 13.8 Å². The van der Waals surface area contributed by atoms with Gasteiger partial charge in [-0.15, -0.1) is 0 Å². The molecule has 0 aromatic heterocycles. The molecule has 5 nitrogen and oxygen atoms in total. The van der Waals surface area contributed by atoms with Gasteiger partial charge in [0.15, 0.2) is 6.10 Å². The van der Waals surface area contributed by atoms with Gasteiger partial charge >= 0.3 is 11.9 Å². The summed E-state index contributed by atoms with van der Waals surface area (Å²) in [6.07, 6.45) is 50.5. The summed E-state index contributed by atoms with van der Waals surface area (Å²) in [6.45, 7) is 4.19. The topological polar surface area (TPSA) is 72.8 Å². The average Bonchev–Trinajstić information content (AvgIpc) is 3.15. The molecule has 0 aromatic rings. The van der Waals surface area contributed by atoms with Gasteiger partial charge in [0, 0.05) is 12.8 Å². The lowest BCUT2D eigenvalue weighted by atomic mass is 10.0. The Balaban J connectivity index is 3.42. The Hall–Kier alpha value is -1.10. The number of unbranched alkanes of at least 4 members (excludes halogenated alkanes) is 36. The predicted molar refractivity (Wildman–Crippen MR) is 224 cm³/mol. The Labute approximate surface area is 325 Å². The Morgan fingerprint density at radius 2 is 0.596 bits per heavy atom. The zero-order valence-corrected chi connectivity index (χ0v) is 35.4. The lowest BCUT2D eigenvalue weighted by Gasteiger charge is -2.15. The Morgan fingerprint density at radius 3 is 0.846 bits per heavy atom. The van der Waals surface area contributed by atoms with Gasteiger partial charge in [0.1, 0.15) is 6.61 Å². The minimum absolute atomic E-state index is 0.0563. The first kappa shape index (κ1) is 50.9. The average molecular weight is 737 g/mol. The van der Waals surface area contributed by atoms with E-state index in [0.717, 1.165) is 32.1 Å². The van der Waals surface area contributed by atoms with Crippen molar-refractivity contribution in [3.8, 4) is 0 Å². The van der Waals surface area contributed by atoms with Crippen molar-refractivity contribution in [2.75, 3.05) is 13.2 Å². The molecule has 0 rings (SSSR count). The molecule has 0 bridgehead atoms. The molecule has 1 N–H and O–H groups in total. The molecular weight excluding hydrogens is 645 g/mol. The number of rotatable bonds is 44. The summed E-state index contributed by atoms with van der Waals surface area (Å²) >= 11 is 0. The second kappa shape index (κ2) is 44.3. The van der Waals surface area contributed by atoms with Gasteiger partial charge in [-0.05, 0) is 12.8 Å². The van der Waals surface area contributed by atoms with Crippen LogP contribution in [0.15, 0.2) is 0 Å². The van der Waals surface area contributed by atoms with Gasteiger partial charge in [0.25, 0.3) is 0 Å². The highest BCUT2D eigenvalue weighted by Gasteiger charge is 2.16. The standard InChI is InChI=1S/C47H92O5/c1-3-5-7-9-11-13-15-17-19-20-21-22-23-24-25-26-28-29-31-33-35-37-39-41-46(49)51-44-45(43-48)52-47(50)42-40-38-36-34-32-30-27-18-16-14-12-10-8-6-4-2/h45,48H,3-44H2,1-2H3. The predicted octanol–water partition coefficient (Wildman–Crippen LogP) is 15.1. The number of carbonyl (C=O) groups is 2. The van der Waals surface area contributed by atoms with Gasteiger partial charge in [-0.1, -0.05) is 245 Å². The lowest BCUT2D eigenvalue weighted by molar-refractivity contribution is -0.161. The molecule has 0 aliphatic heterocycles. The molecule has 0 heterocycles. The summed E-state index contributed by atoms with van der Waals surface area (Å²) in [4.78, 5) is 24.4. The van der Waals surface area contributed by atoms with Gasteiger partial charge in [-0.3, -0.25) is 9.59 Å². The van der Waals surface area contributed by atoms with Crippen LogP contribution in [0, 0.1) is 0 Å². The van der Waals surface area contributed by atoms with Gasteiger partial charge in [0.05, 0.1) is 6.61 Å². The number of carbonyl (C=O) groups excluding carboxylic acids is 2. The number of ether oxygens (including phenoxy) is 2. The van der Waals surface area contributed by atoms with Crippen LogP contribution in [0.2, 0.25) is 0 Å². The minimum atomic E-state index is -0.762. The largest absolute Gasteiger partial charge is 0.462 e. The fourth-order valence-electron chi connectivity index (χ4n) is 7.32. The highest BCUT2D eigenvalue weighted by Crippen LogP contribution is 2.17. The highest BCUT2D eigenvalue weighted by molar-refractivity contribution is 5.70. The molecule has 0 radical (unpaired) electrons. The van der Waals surface area contributed by atoms with Crippen LogP contribution in [0.4, 0.5) is 0 Å². The van der Waals surface area contributed by atoms with Crippen LogP contribution in [-0.4, -0.2) is 36.4 Å². The molecule has 0 amide bonds. The molecule has 0 aromatic carbocycles. The Morgan fingerprint density at radius 1 is 0.365 bits per heavy atom. The maximum atomic E-state index is 12.2. The molecule has 310 valence electrons. The molecule has 52 heavy (non-hydrogen) atoms. The van der Waals surface area contributed by atoms with Crippen molar-refractivity contribution >= 4 is 11.9 Å². The van der Waals surface area contributed by atoms with Crippen LogP contribution >= 0.6 is 0 Å². The molecule has 0 spiro atoms. The van der Waals surface area contributed by atoms with E-state index in [1.165, 1.54) is 212 Å². The zero-order chi connectivity index (χ0) is 37.8. The minimum Gasteiger partial charge on any atom is -0.462 e. The Kier molecular flexibility index (Phi) is 43.4. The second-order valence-electron chi connectivity index (χ2n) is 16.2. The monoisotopic (exact) mass is 737 g/mol. The van der Waals surface area contributed by atoms with E-state index in [0.29, 0.717) is 12.8 Å². The van der Waals surface area contributed by atoms with E-state index in [1.807, 2.05) is 0 Å². The fraction of sp³-hybridized carbons (Fsp3) is 0.957. The molecule has 0 fully saturated rings. The van der Waals surface area contributed by atoms with Crippen molar-refractivity contribution in [3.05, 3.63) is 0 Å². The van der Waals surface area contributed by atoms with E-state index < -0.39 is 6.10 Å². The summed E-state index contributed by atoms with van der Waals surface area (Å²) in [5.74, 6) is -0.569. The van der Waals surface area contributed by atoms with E-state index in [1.54, 1.807) is 0 Å². The summed E-state index contributed by atoms with van der Waals surface area (Å²) in [7, 11) is 0. The van der Waals surface area contributed by atoms with Crippen molar-refractivity contribution in [2.45, 2.75) is 277 Å². The maximum absolute atomic E-state index is 12.2. The van der Waals surface area contributed by atoms with E-state index in [4.69, 9.17) is 9.47 Å². The SMILES string of the molecule is CCCCCCCCCCCCCCCCCCCCCCCCCC(=O)OCC(CO)OC(=O)CCCCCCCCCCCCCCCCC. The van der Waals surface area contributed by atoms with E-state index in [-0.39, 0.29) is 25.2 Å². The highest BCUT2D eigenvalue weighted by atomic mass is 16.6. The molecule has 0 aliphatic rings. The number of aliphatic hydroxyl groups is 1. The van der Waals surface area contributed by atoms with Crippen molar-refractivity contribution < 1.29 is 24.2 Å².